The second kappa shape index (κ2) is 10.2. The number of hydrogen-bond acceptors (Lipinski definition) is 6. The summed E-state index contributed by atoms with van der Waals surface area (Å²) < 4.78 is 5.72. The van der Waals surface area contributed by atoms with Gasteiger partial charge in [0.25, 0.3) is 0 Å². The van der Waals surface area contributed by atoms with Crippen molar-refractivity contribution in [1.82, 2.24) is 5.32 Å². The summed E-state index contributed by atoms with van der Waals surface area (Å²) in [4.78, 5) is 24.4. The minimum absolute atomic E-state index is 0.0261. The molecule has 0 bridgehead atoms. The Bertz CT molecular complexity index is 1250. The highest BCUT2D eigenvalue weighted by atomic mass is 35.5. The first kappa shape index (κ1) is 23.1. The number of nitrogens with zero attached hydrogens (tertiary/aromatic N) is 2. The van der Waals surface area contributed by atoms with E-state index < -0.39 is 5.25 Å². The Morgan fingerprint density at radius 2 is 1.94 bits per heavy atom. The van der Waals surface area contributed by atoms with Gasteiger partial charge in [-0.3, -0.25) is 9.59 Å². The van der Waals surface area contributed by atoms with Crippen LogP contribution in [0.4, 0.5) is 5.69 Å². The number of furan rings is 1. The highest BCUT2D eigenvalue weighted by molar-refractivity contribution is 8.15. The lowest BCUT2D eigenvalue weighted by atomic mass is 10.2. The van der Waals surface area contributed by atoms with Crippen LogP contribution in [-0.2, 0) is 9.59 Å². The van der Waals surface area contributed by atoms with Gasteiger partial charge < -0.3 is 15.1 Å². The fourth-order valence-electron chi connectivity index (χ4n) is 2.97. The number of benzene rings is 2. The molecule has 0 radical (unpaired) electrons. The SMILES string of the molecule is Cc1ccc(NC(=O)CC2SC(=NN=Cc3ccc(-c4ccc(Cl)c(Cl)c4)o3)NC2=O)cc1. The summed E-state index contributed by atoms with van der Waals surface area (Å²) in [7, 11) is 0. The lowest BCUT2D eigenvalue weighted by molar-refractivity contribution is -0.122. The molecule has 2 heterocycles. The van der Waals surface area contributed by atoms with E-state index in [4.69, 9.17) is 27.6 Å². The van der Waals surface area contributed by atoms with E-state index in [9.17, 15) is 9.59 Å². The van der Waals surface area contributed by atoms with Crippen molar-refractivity contribution in [3.63, 3.8) is 0 Å². The maximum atomic E-state index is 12.3. The Labute approximate surface area is 204 Å². The quantitative estimate of drug-likeness (QED) is 0.344. The van der Waals surface area contributed by atoms with Crippen LogP contribution in [0.3, 0.4) is 0 Å². The monoisotopic (exact) mass is 500 g/mol. The number of amidine groups is 1. The number of anilines is 1. The summed E-state index contributed by atoms with van der Waals surface area (Å²) in [6.45, 7) is 1.97. The van der Waals surface area contributed by atoms with Crippen molar-refractivity contribution in [2.24, 2.45) is 10.2 Å². The van der Waals surface area contributed by atoms with Gasteiger partial charge in [-0.2, -0.15) is 5.10 Å². The highest BCUT2D eigenvalue weighted by Crippen LogP contribution is 2.29. The van der Waals surface area contributed by atoms with E-state index in [-0.39, 0.29) is 18.2 Å². The van der Waals surface area contributed by atoms with Crippen LogP contribution < -0.4 is 10.6 Å². The van der Waals surface area contributed by atoms with Gasteiger partial charge >= 0.3 is 0 Å². The molecule has 2 N–H and O–H groups in total. The van der Waals surface area contributed by atoms with Crippen LogP contribution in [0.5, 0.6) is 0 Å². The number of hydrogen-bond donors (Lipinski definition) is 2. The molecule has 1 unspecified atom stereocenters. The van der Waals surface area contributed by atoms with Gasteiger partial charge in [-0.25, -0.2) is 0 Å². The molecule has 1 fully saturated rings. The van der Waals surface area contributed by atoms with Crippen LogP contribution in [0.15, 0.2) is 69.2 Å². The lowest BCUT2D eigenvalue weighted by Crippen LogP contribution is -2.28. The van der Waals surface area contributed by atoms with Crippen LogP contribution >= 0.6 is 35.0 Å². The fourth-order valence-corrected chi connectivity index (χ4v) is 4.19. The van der Waals surface area contributed by atoms with E-state index in [0.29, 0.717) is 32.4 Å². The molecule has 168 valence electrons. The largest absolute Gasteiger partial charge is 0.455 e. The third kappa shape index (κ3) is 6.04. The van der Waals surface area contributed by atoms with Crippen molar-refractivity contribution in [2.45, 2.75) is 18.6 Å². The Hall–Kier alpha value is -3.07. The van der Waals surface area contributed by atoms with Crippen LogP contribution in [0.2, 0.25) is 10.0 Å². The molecule has 0 aliphatic carbocycles. The number of nitrogens with one attached hydrogen (secondary N) is 2. The zero-order chi connectivity index (χ0) is 23.4. The molecular formula is C23H18Cl2N4O3S. The van der Waals surface area contributed by atoms with Crippen LogP contribution in [0.25, 0.3) is 11.3 Å². The number of thioether (sulfide) groups is 1. The molecule has 1 aromatic heterocycles. The van der Waals surface area contributed by atoms with E-state index in [1.165, 1.54) is 6.21 Å². The third-order valence-corrected chi connectivity index (χ3v) is 6.46. The first-order chi connectivity index (χ1) is 15.9. The van der Waals surface area contributed by atoms with Crippen LogP contribution in [0.1, 0.15) is 17.7 Å². The molecule has 3 aromatic rings. The molecule has 10 heteroatoms. The van der Waals surface area contributed by atoms with Gasteiger partial charge in [-0.05, 0) is 49.4 Å². The summed E-state index contributed by atoms with van der Waals surface area (Å²) in [5.74, 6) is 0.546. The Kier molecular flexibility index (Phi) is 7.17. The van der Waals surface area contributed by atoms with Gasteiger partial charge in [0, 0.05) is 17.7 Å². The summed E-state index contributed by atoms with van der Waals surface area (Å²) in [6, 6.07) is 16.2. The van der Waals surface area contributed by atoms with E-state index >= 15 is 0 Å². The summed E-state index contributed by atoms with van der Waals surface area (Å²) in [5, 5.41) is 14.1. The molecule has 4 rings (SSSR count). The Balaban J connectivity index is 1.33. The average Bonchev–Trinajstić information content (AvgIpc) is 3.38. The van der Waals surface area contributed by atoms with Crippen LogP contribution in [-0.4, -0.2) is 28.4 Å². The maximum Gasteiger partial charge on any atom is 0.240 e. The number of amides is 2. The Morgan fingerprint density at radius 3 is 2.70 bits per heavy atom. The molecule has 33 heavy (non-hydrogen) atoms. The molecule has 1 aliphatic heterocycles. The second-order valence-electron chi connectivity index (χ2n) is 7.19. The van der Waals surface area contributed by atoms with Crippen molar-refractivity contribution < 1.29 is 14.0 Å². The minimum atomic E-state index is -0.575. The van der Waals surface area contributed by atoms with Crippen molar-refractivity contribution in [3.05, 3.63) is 76.0 Å². The Morgan fingerprint density at radius 1 is 1.15 bits per heavy atom. The standard InChI is InChI=1S/C23H18Cl2N4O3S/c1-13-2-5-15(6-3-13)27-21(30)11-20-22(31)28-23(33-20)29-26-12-16-7-9-19(32-16)14-4-8-17(24)18(25)10-14/h2-10,12,20H,11H2,1H3,(H,27,30)(H,28,29,31). The normalized spacial score (nSPS) is 17.0. The van der Waals surface area contributed by atoms with Gasteiger partial charge in [0.15, 0.2) is 5.17 Å². The smallest absolute Gasteiger partial charge is 0.240 e. The van der Waals surface area contributed by atoms with Crippen molar-refractivity contribution in [1.29, 1.82) is 0 Å². The average molecular weight is 501 g/mol. The van der Waals surface area contributed by atoms with E-state index in [0.717, 1.165) is 22.9 Å². The van der Waals surface area contributed by atoms with Crippen LogP contribution in [0, 0.1) is 6.92 Å². The lowest BCUT2D eigenvalue weighted by Gasteiger charge is -2.07. The number of carbonyl (C=O) groups is 2. The summed E-state index contributed by atoms with van der Waals surface area (Å²) >= 11 is 13.1. The summed E-state index contributed by atoms with van der Waals surface area (Å²) in [5.41, 5.74) is 2.56. The molecular weight excluding hydrogens is 483 g/mol. The van der Waals surface area contributed by atoms with Crippen molar-refractivity contribution >= 4 is 63.8 Å². The molecule has 2 amide bonds. The third-order valence-electron chi connectivity index (χ3n) is 4.65. The minimum Gasteiger partial charge on any atom is -0.455 e. The zero-order valence-corrected chi connectivity index (χ0v) is 19.7. The van der Waals surface area contributed by atoms with Gasteiger partial charge in [-0.15, -0.1) is 5.10 Å². The molecule has 0 spiro atoms. The van der Waals surface area contributed by atoms with E-state index in [1.807, 2.05) is 31.2 Å². The topological polar surface area (TPSA) is 96.1 Å². The number of halogens is 2. The first-order valence-electron chi connectivity index (χ1n) is 9.88. The number of rotatable bonds is 6. The van der Waals surface area contributed by atoms with Gasteiger partial charge in [0.2, 0.25) is 11.8 Å². The molecule has 2 aromatic carbocycles. The van der Waals surface area contributed by atoms with Crippen molar-refractivity contribution in [2.75, 3.05) is 5.32 Å². The van der Waals surface area contributed by atoms with Gasteiger partial charge in [0.05, 0.1) is 16.3 Å². The number of carbonyl (C=O) groups excluding carboxylic acids is 2. The zero-order valence-electron chi connectivity index (χ0n) is 17.3. The predicted octanol–water partition coefficient (Wildman–Crippen LogP) is 5.51. The fraction of sp³-hybridized carbons (Fsp3) is 0.130. The molecule has 7 nitrogen and oxygen atoms in total. The van der Waals surface area contributed by atoms with Gasteiger partial charge in [0.1, 0.15) is 16.8 Å². The molecule has 1 atom stereocenters. The maximum absolute atomic E-state index is 12.3. The van der Waals surface area contributed by atoms with E-state index in [1.54, 1.807) is 30.3 Å². The predicted molar refractivity (Wildman–Crippen MR) is 133 cm³/mol. The second-order valence-corrected chi connectivity index (χ2v) is 9.20. The number of aryl methyl sites for hydroxylation is 1. The molecule has 1 aliphatic rings. The molecule has 1 saturated heterocycles. The molecule has 0 saturated carbocycles. The van der Waals surface area contributed by atoms with Gasteiger partial charge in [-0.1, -0.05) is 52.7 Å². The first-order valence-corrected chi connectivity index (χ1v) is 11.5. The van der Waals surface area contributed by atoms with E-state index in [2.05, 4.69) is 20.8 Å². The van der Waals surface area contributed by atoms with Crippen molar-refractivity contribution in [3.8, 4) is 11.3 Å². The summed E-state index contributed by atoms with van der Waals surface area (Å²) in [6.07, 6.45) is 1.45. The highest BCUT2D eigenvalue weighted by Gasteiger charge is 2.32.